The Morgan fingerprint density at radius 1 is 1.55 bits per heavy atom. The van der Waals surface area contributed by atoms with E-state index >= 15 is 0 Å². The summed E-state index contributed by atoms with van der Waals surface area (Å²) < 4.78 is 5.92. The summed E-state index contributed by atoms with van der Waals surface area (Å²) in [7, 11) is 1.31. The van der Waals surface area contributed by atoms with Crippen molar-refractivity contribution in [2.75, 3.05) is 12.4 Å². The van der Waals surface area contributed by atoms with Crippen LogP contribution in [0.1, 0.15) is 4.88 Å². The fraction of sp³-hybridized carbons (Fsp3) is 0.154. The molecule has 0 saturated carbocycles. The van der Waals surface area contributed by atoms with Crippen LogP contribution in [0.4, 0.5) is 5.69 Å². The van der Waals surface area contributed by atoms with E-state index in [0.717, 1.165) is 4.88 Å². The second kappa shape index (κ2) is 6.67. The van der Waals surface area contributed by atoms with Crippen molar-refractivity contribution in [3.8, 4) is 0 Å². The van der Waals surface area contributed by atoms with Gasteiger partial charge < -0.3 is 10.1 Å². The van der Waals surface area contributed by atoms with Crippen LogP contribution in [0, 0.1) is 0 Å². The molecule has 104 valence electrons. The van der Waals surface area contributed by atoms with Crippen LogP contribution < -0.4 is 5.32 Å². The molecule has 2 rings (SSSR count). The Balaban J connectivity index is 1.90. The summed E-state index contributed by atoms with van der Waals surface area (Å²) in [4.78, 5) is 23.7. The first-order valence-corrected chi connectivity index (χ1v) is 6.67. The molecule has 0 aliphatic heterocycles. The normalized spacial score (nSPS) is 10.7. The Labute approximate surface area is 119 Å². The number of esters is 1. The van der Waals surface area contributed by atoms with Crippen LogP contribution in [0.5, 0.6) is 0 Å². The van der Waals surface area contributed by atoms with Crippen LogP contribution in [-0.2, 0) is 20.9 Å². The molecule has 0 saturated heterocycles. The van der Waals surface area contributed by atoms with E-state index in [9.17, 15) is 9.59 Å². The molecule has 0 atom stereocenters. The van der Waals surface area contributed by atoms with Gasteiger partial charge in [-0.15, -0.1) is 11.3 Å². The van der Waals surface area contributed by atoms with Gasteiger partial charge >= 0.3 is 5.97 Å². The number of carbonyl (C=O) groups excluding carboxylic acids is 2. The van der Waals surface area contributed by atoms with Crippen molar-refractivity contribution in [3.63, 3.8) is 0 Å². The fourth-order valence-corrected chi connectivity index (χ4v) is 2.06. The zero-order valence-corrected chi connectivity index (χ0v) is 11.6. The molecule has 1 amide bonds. The number of methoxy groups -OCH3 is 1. The lowest BCUT2D eigenvalue weighted by Crippen LogP contribution is -2.11. The van der Waals surface area contributed by atoms with Gasteiger partial charge in [0.2, 0.25) is 5.91 Å². The smallest absolute Gasteiger partial charge is 0.327 e. The van der Waals surface area contributed by atoms with Gasteiger partial charge in [-0.25, -0.2) is 0 Å². The van der Waals surface area contributed by atoms with Crippen molar-refractivity contribution in [2.24, 2.45) is 0 Å². The van der Waals surface area contributed by atoms with Crippen molar-refractivity contribution in [1.29, 1.82) is 0 Å². The number of aromatic nitrogens is 2. The molecule has 7 heteroatoms. The summed E-state index contributed by atoms with van der Waals surface area (Å²) in [6, 6.07) is 3.84. The summed E-state index contributed by atoms with van der Waals surface area (Å²) in [6.07, 6.45) is 6.22. The first-order valence-electron chi connectivity index (χ1n) is 5.79. The van der Waals surface area contributed by atoms with Crippen LogP contribution in [0.3, 0.4) is 0 Å². The number of carbonyl (C=O) groups is 2. The standard InChI is InChI=1S/C13H13N3O3S/c1-19-13(18)9-16-8-10(7-14-16)15-12(17)5-4-11-3-2-6-20-11/h2-8H,9H2,1H3,(H,15,17)/b5-4+. The molecule has 0 aromatic carbocycles. The Bertz CT molecular complexity index is 617. The molecule has 0 bridgehead atoms. The first-order chi connectivity index (χ1) is 9.67. The number of hydrogen-bond donors (Lipinski definition) is 1. The monoisotopic (exact) mass is 291 g/mol. The summed E-state index contributed by atoms with van der Waals surface area (Å²) in [5.74, 6) is -0.653. The van der Waals surface area contributed by atoms with Gasteiger partial charge in [0.25, 0.3) is 0 Å². The van der Waals surface area contributed by atoms with Gasteiger partial charge in [-0.3, -0.25) is 14.3 Å². The van der Waals surface area contributed by atoms with Crippen molar-refractivity contribution in [3.05, 3.63) is 40.9 Å². The Morgan fingerprint density at radius 3 is 3.10 bits per heavy atom. The van der Waals surface area contributed by atoms with E-state index in [1.54, 1.807) is 23.6 Å². The predicted molar refractivity (Wildman–Crippen MR) is 76.2 cm³/mol. The molecule has 2 aromatic heterocycles. The molecule has 0 aliphatic rings. The number of hydrogen-bond acceptors (Lipinski definition) is 5. The van der Waals surface area contributed by atoms with Crippen LogP contribution in [0.25, 0.3) is 6.08 Å². The number of nitrogens with one attached hydrogen (secondary N) is 1. The van der Waals surface area contributed by atoms with Crippen molar-refractivity contribution in [2.45, 2.75) is 6.54 Å². The van der Waals surface area contributed by atoms with Crippen LogP contribution in [-0.4, -0.2) is 28.8 Å². The van der Waals surface area contributed by atoms with Gasteiger partial charge in [0.05, 0.1) is 19.0 Å². The first kappa shape index (κ1) is 14.0. The van der Waals surface area contributed by atoms with E-state index in [0.29, 0.717) is 5.69 Å². The maximum Gasteiger partial charge on any atom is 0.327 e. The van der Waals surface area contributed by atoms with E-state index < -0.39 is 5.97 Å². The molecule has 0 radical (unpaired) electrons. The van der Waals surface area contributed by atoms with Crippen LogP contribution in [0.15, 0.2) is 36.0 Å². The van der Waals surface area contributed by atoms with Crippen LogP contribution >= 0.6 is 11.3 Å². The number of ether oxygens (including phenoxy) is 1. The minimum absolute atomic E-state index is 0.0113. The lowest BCUT2D eigenvalue weighted by Gasteiger charge is -1.98. The number of amides is 1. The van der Waals surface area contributed by atoms with Crippen molar-refractivity contribution >= 4 is 35.0 Å². The molecule has 0 aliphatic carbocycles. The van der Waals surface area contributed by atoms with Gasteiger partial charge in [-0.05, 0) is 17.5 Å². The molecule has 20 heavy (non-hydrogen) atoms. The average molecular weight is 291 g/mol. The average Bonchev–Trinajstić information content (AvgIpc) is 3.08. The predicted octanol–water partition coefficient (Wildman–Crippen LogP) is 1.77. The maximum atomic E-state index is 11.7. The highest BCUT2D eigenvalue weighted by molar-refractivity contribution is 7.10. The zero-order chi connectivity index (χ0) is 14.4. The highest BCUT2D eigenvalue weighted by Crippen LogP contribution is 2.10. The topological polar surface area (TPSA) is 73.2 Å². The summed E-state index contributed by atoms with van der Waals surface area (Å²) >= 11 is 1.55. The summed E-state index contributed by atoms with van der Waals surface area (Å²) in [5, 5.41) is 8.54. The van der Waals surface area contributed by atoms with E-state index in [1.807, 2.05) is 17.5 Å². The second-order valence-electron chi connectivity index (χ2n) is 3.84. The molecule has 6 nitrogen and oxygen atoms in total. The largest absolute Gasteiger partial charge is 0.468 e. The third-order valence-electron chi connectivity index (χ3n) is 2.36. The lowest BCUT2D eigenvalue weighted by molar-refractivity contribution is -0.141. The minimum Gasteiger partial charge on any atom is -0.468 e. The van der Waals surface area contributed by atoms with Gasteiger partial charge in [-0.1, -0.05) is 6.07 Å². The van der Waals surface area contributed by atoms with Gasteiger partial charge in [0.1, 0.15) is 6.54 Å². The van der Waals surface area contributed by atoms with Crippen molar-refractivity contribution in [1.82, 2.24) is 9.78 Å². The maximum absolute atomic E-state index is 11.7. The highest BCUT2D eigenvalue weighted by atomic mass is 32.1. The quantitative estimate of drug-likeness (QED) is 0.673. The molecule has 0 fully saturated rings. The van der Waals surface area contributed by atoms with Gasteiger partial charge in [-0.2, -0.15) is 5.10 Å². The highest BCUT2D eigenvalue weighted by Gasteiger charge is 2.05. The number of rotatable bonds is 5. The summed E-state index contributed by atoms with van der Waals surface area (Å²) in [5.41, 5.74) is 0.523. The van der Waals surface area contributed by atoms with Gasteiger partial charge in [0, 0.05) is 17.2 Å². The molecule has 0 unspecified atom stereocenters. The van der Waals surface area contributed by atoms with Crippen LogP contribution in [0.2, 0.25) is 0 Å². The number of anilines is 1. The number of nitrogens with zero attached hydrogens (tertiary/aromatic N) is 2. The van der Waals surface area contributed by atoms with E-state index in [1.165, 1.54) is 24.1 Å². The van der Waals surface area contributed by atoms with E-state index in [2.05, 4.69) is 15.2 Å². The third kappa shape index (κ3) is 4.06. The minimum atomic E-state index is -0.399. The molecule has 0 spiro atoms. The SMILES string of the molecule is COC(=O)Cn1cc(NC(=O)/C=C/c2cccs2)cn1. The Hall–Kier alpha value is -2.41. The Kier molecular flexibility index (Phi) is 4.67. The summed E-state index contributed by atoms with van der Waals surface area (Å²) in [6.45, 7) is 0.0113. The molecule has 2 aromatic rings. The lowest BCUT2D eigenvalue weighted by atomic mass is 10.4. The third-order valence-corrected chi connectivity index (χ3v) is 3.20. The second-order valence-corrected chi connectivity index (χ2v) is 4.82. The number of thiophene rings is 1. The fourth-order valence-electron chi connectivity index (χ4n) is 1.44. The molecular formula is C13H13N3O3S. The van der Waals surface area contributed by atoms with Gasteiger partial charge in [0.15, 0.2) is 0 Å². The molecular weight excluding hydrogens is 278 g/mol. The molecule has 1 N–H and O–H groups in total. The van der Waals surface area contributed by atoms with E-state index in [4.69, 9.17) is 0 Å². The van der Waals surface area contributed by atoms with Crippen molar-refractivity contribution < 1.29 is 14.3 Å². The van der Waals surface area contributed by atoms with E-state index in [-0.39, 0.29) is 12.5 Å². The zero-order valence-electron chi connectivity index (χ0n) is 10.8. The molecule has 2 heterocycles. The Morgan fingerprint density at radius 2 is 2.40 bits per heavy atom.